The van der Waals surface area contributed by atoms with Crippen LogP contribution in [0.3, 0.4) is 0 Å². The largest absolute Gasteiger partial charge is 0.486 e. The van der Waals surface area contributed by atoms with Gasteiger partial charge < -0.3 is 10.5 Å². The highest BCUT2D eigenvalue weighted by atomic mass is 79.9. The van der Waals surface area contributed by atoms with Gasteiger partial charge in [-0.25, -0.2) is 8.78 Å². The van der Waals surface area contributed by atoms with Crippen molar-refractivity contribution in [3.8, 4) is 5.75 Å². The lowest BCUT2D eigenvalue weighted by molar-refractivity contribution is 0.305. The Hall–Kier alpha value is -1.33. The molecular formula is C13H9BrClF2NO. The summed E-state index contributed by atoms with van der Waals surface area (Å²) >= 11 is 8.83. The molecule has 0 radical (unpaired) electrons. The van der Waals surface area contributed by atoms with E-state index in [1.165, 1.54) is 18.2 Å². The van der Waals surface area contributed by atoms with Crippen molar-refractivity contribution >= 4 is 33.2 Å². The van der Waals surface area contributed by atoms with Gasteiger partial charge in [0.05, 0.1) is 15.2 Å². The first-order valence-electron chi connectivity index (χ1n) is 5.28. The van der Waals surface area contributed by atoms with Crippen LogP contribution in [-0.2, 0) is 6.61 Å². The van der Waals surface area contributed by atoms with Crippen molar-refractivity contribution in [2.75, 3.05) is 5.73 Å². The van der Waals surface area contributed by atoms with Gasteiger partial charge in [0.15, 0.2) is 5.75 Å². The van der Waals surface area contributed by atoms with Crippen molar-refractivity contribution in [3.05, 3.63) is 57.0 Å². The monoisotopic (exact) mass is 347 g/mol. The van der Waals surface area contributed by atoms with E-state index < -0.39 is 11.6 Å². The van der Waals surface area contributed by atoms with Crippen molar-refractivity contribution in [1.29, 1.82) is 0 Å². The Bertz CT molecular complexity index is 599. The number of hydrogen-bond donors (Lipinski definition) is 1. The van der Waals surface area contributed by atoms with Gasteiger partial charge in [0.25, 0.3) is 0 Å². The molecule has 0 atom stereocenters. The molecule has 2 aromatic rings. The number of ether oxygens (including phenoxy) is 1. The first-order chi connectivity index (χ1) is 8.97. The van der Waals surface area contributed by atoms with E-state index in [0.29, 0.717) is 15.8 Å². The Balaban J connectivity index is 2.16. The minimum atomic E-state index is -0.493. The van der Waals surface area contributed by atoms with Crippen LogP contribution in [0.5, 0.6) is 5.75 Å². The molecule has 0 heterocycles. The third-order valence-electron chi connectivity index (χ3n) is 2.40. The smallest absolute Gasteiger partial charge is 0.157 e. The topological polar surface area (TPSA) is 35.2 Å². The van der Waals surface area contributed by atoms with Crippen molar-refractivity contribution in [3.63, 3.8) is 0 Å². The number of nitrogens with two attached hydrogens (primary N) is 1. The summed E-state index contributed by atoms with van der Waals surface area (Å²) in [6, 6.07) is 6.69. The standard InChI is InChI=1S/C13H9BrClF2NO/c14-9-4-8(16)5-12(18)13(9)19-6-7-1-2-11(17)10(15)3-7/h1-5H,6,18H2. The van der Waals surface area contributed by atoms with Crippen LogP contribution in [0.15, 0.2) is 34.8 Å². The van der Waals surface area contributed by atoms with Crippen LogP contribution >= 0.6 is 27.5 Å². The van der Waals surface area contributed by atoms with E-state index in [9.17, 15) is 8.78 Å². The quantitative estimate of drug-likeness (QED) is 0.826. The van der Waals surface area contributed by atoms with Crippen LogP contribution in [0.2, 0.25) is 5.02 Å². The molecule has 0 spiro atoms. The van der Waals surface area contributed by atoms with Crippen LogP contribution in [-0.4, -0.2) is 0 Å². The summed E-state index contributed by atoms with van der Waals surface area (Å²) in [4.78, 5) is 0. The zero-order valence-electron chi connectivity index (χ0n) is 9.59. The highest BCUT2D eigenvalue weighted by molar-refractivity contribution is 9.10. The summed E-state index contributed by atoms with van der Waals surface area (Å²) in [5, 5.41) is 0.0206. The second kappa shape index (κ2) is 5.75. The van der Waals surface area contributed by atoms with E-state index in [1.54, 1.807) is 6.07 Å². The Morgan fingerprint density at radius 1 is 1.21 bits per heavy atom. The summed E-state index contributed by atoms with van der Waals surface area (Å²) < 4.78 is 31.9. The van der Waals surface area contributed by atoms with E-state index >= 15 is 0 Å². The average Bonchev–Trinajstić information content (AvgIpc) is 2.32. The number of anilines is 1. The Morgan fingerprint density at radius 3 is 2.58 bits per heavy atom. The van der Waals surface area contributed by atoms with Crippen LogP contribution in [0.4, 0.5) is 14.5 Å². The van der Waals surface area contributed by atoms with Crippen molar-refractivity contribution in [2.24, 2.45) is 0 Å². The van der Waals surface area contributed by atoms with E-state index in [2.05, 4.69) is 15.9 Å². The van der Waals surface area contributed by atoms with E-state index in [1.807, 2.05) is 0 Å². The van der Waals surface area contributed by atoms with Crippen molar-refractivity contribution < 1.29 is 13.5 Å². The molecule has 0 aromatic heterocycles. The van der Waals surface area contributed by atoms with Crippen LogP contribution < -0.4 is 10.5 Å². The fraction of sp³-hybridized carbons (Fsp3) is 0.0769. The fourth-order valence-electron chi connectivity index (χ4n) is 1.52. The lowest BCUT2D eigenvalue weighted by atomic mass is 10.2. The summed E-state index contributed by atoms with van der Waals surface area (Å²) in [7, 11) is 0. The number of benzene rings is 2. The molecule has 2 nitrogen and oxygen atoms in total. The second-order valence-corrected chi connectivity index (χ2v) is 5.10. The molecule has 2 aromatic carbocycles. The molecule has 0 saturated heterocycles. The number of nitrogen functional groups attached to an aromatic ring is 1. The molecule has 0 amide bonds. The van der Waals surface area contributed by atoms with Gasteiger partial charge in [0, 0.05) is 6.07 Å². The first-order valence-corrected chi connectivity index (χ1v) is 6.45. The molecule has 0 aliphatic carbocycles. The minimum Gasteiger partial charge on any atom is -0.486 e. The maximum Gasteiger partial charge on any atom is 0.157 e. The molecule has 19 heavy (non-hydrogen) atoms. The van der Waals surface area contributed by atoms with Crippen molar-refractivity contribution in [2.45, 2.75) is 6.61 Å². The fourth-order valence-corrected chi connectivity index (χ4v) is 2.28. The predicted octanol–water partition coefficient (Wildman–Crippen LogP) is 4.54. The van der Waals surface area contributed by atoms with Gasteiger partial charge in [-0.05, 0) is 39.7 Å². The minimum absolute atomic E-state index is 0.0206. The summed E-state index contributed by atoms with van der Waals surface area (Å²) in [5.41, 5.74) is 6.52. The van der Waals surface area contributed by atoms with Gasteiger partial charge in [-0.2, -0.15) is 0 Å². The molecular weight excluding hydrogens is 340 g/mol. The first kappa shape index (κ1) is 14.1. The average molecular weight is 349 g/mol. The Kier molecular flexibility index (Phi) is 4.27. The molecule has 0 fully saturated rings. The molecule has 2 rings (SSSR count). The van der Waals surface area contributed by atoms with Crippen LogP contribution in [0.25, 0.3) is 0 Å². The number of hydrogen-bond acceptors (Lipinski definition) is 2. The van der Waals surface area contributed by atoms with E-state index in [0.717, 1.165) is 6.07 Å². The van der Waals surface area contributed by atoms with Gasteiger partial charge in [-0.15, -0.1) is 0 Å². The second-order valence-electron chi connectivity index (χ2n) is 3.84. The van der Waals surface area contributed by atoms with Gasteiger partial charge in [-0.3, -0.25) is 0 Å². The Morgan fingerprint density at radius 2 is 1.95 bits per heavy atom. The van der Waals surface area contributed by atoms with Gasteiger partial charge >= 0.3 is 0 Å². The molecule has 100 valence electrons. The lowest BCUT2D eigenvalue weighted by Gasteiger charge is -2.11. The number of rotatable bonds is 3. The van der Waals surface area contributed by atoms with Crippen molar-refractivity contribution in [1.82, 2.24) is 0 Å². The van der Waals surface area contributed by atoms with Gasteiger partial charge in [0.1, 0.15) is 18.2 Å². The molecule has 0 bridgehead atoms. The van der Waals surface area contributed by atoms with E-state index in [4.69, 9.17) is 22.1 Å². The highest BCUT2D eigenvalue weighted by Crippen LogP contribution is 2.33. The van der Waals surface area contributed by atoms with Crippen LogP contribution in [0.1, 0.15) is 5.56 Å². The molecule has 6 heteroatoms. The normalized spacial score (nSPS) is 10.5. The summed E-state index contributed by atoms with van der Waals surface area (Å²) in [6.45, 7) is 0.147. The molecule has 0 aliphatic rings. The Labute approximate surface area is 122 Å². The third kappa shape index (κ3) is 3.36. The predicted molar refractivity (Wildman–Crippen MR) is 74.3 cm³/mol. The maximum absolute atomic E-state index is 13.0. The lowest BCUT2D eigenvalue weighted by Crippen LogP contribution is -2.00. The molecule has 0 unspecified atom stereocenters. The third-order valence-corrected chi connectivity index (χ3v) is 3.28. The number of halogens is 4. The zero-order chi connectivity index (χ0) is 14.0. The maximum atomic E-state index is 13.0. The van der Waals surface area contributed by atoms with Gasteiger partial charge in [-0.1, -0.05) is 17.7 Å². The molecule has 0 saturated carbocycles. The van der Waals surface area contributed by atoms with Crippen LogP contribution in [0, 0.1) is 11.6 Å². The van der Waals surface area contributed by atoms with Gasteiger partial charge in [0.2, 0.25) is 0 Å². The highest BCUT2D eigenvalue weighted by Gasteiger charge is 2.09. The van der Waals surface area contributed by atoms with E-state index in [-0.39, 0.29) is 17.3 Å². The summed E-state index contributed by atoms with van der Waals surface area (Å²) in [5.74, 6) is -0.615. The SMILES string of the molecule is Nc1cc(F)cc(Br)c1OCc1ccc(F)c(Cl)c1. The summed E-state index contributed by atoms with van der Waals surface area (Å²) in [6.07, 6.45) is 0. The zero-order valence-corrected chi connectivity index (χ0v) is 11.9. The molecule has 0 aliphatic heterocycles. The molecule has 2 N–H and O–H groups in total.